The SMILES string of the molecule is CC/C=C\C/C=C\C/C=C\C/C=C\C/C=C\C/C=C\C/C=C\C/C=C\C/C=C\C/C=C\CCCCCCCCC(=O)OC(COC(=O)CCCCCCCCCCCCCCCC/C=C\C/C=C\C/C=C\CCCCCCC)COC(OCC[N+](C)(C)C)C(=O)[O-]. The van der Waals surface area contributed by atoms with Crippen LogP contribution in [-0.2, 0) is 33.3 Å². The third kappa shape index (κ3) is 72.2. The Morgan fingerprint density at radius 3 is 0.934 bits per heavy atom. The van der Waals surface area contributed by atoms with Crippen molar-refractivity contribution in [3.63, 3.8) is 0 Å². The third-order valence-electron chi connectivity index (χ3n) is 15.3. The smallest absolute Gasteiger partial charge is 0.306 e. The van der Waals surface area contributed by atoms with E-state index in [1.807, 2.05) is 21.1 Å². The quantitative estimate of drug-likeness (QED) is 0.0195. The van der Waals surface area contributed by atoms with Crippen molar-refractivity contribution in [3.8, 4) is 0 Å². The molecular formula is C82H135NO8. The maximum Gasteiger partial charge on any atom is 0.306 e. The van der Waals surface area contributed by atoms with Gasteiger partial charge in [-0.3, -0.25) is 9.59 Å². The van der Waals surface area contributed by atoms with Crippen LogP contribution in [0.5, 0.6) is 0 Å². The number of hydrogen-bond acceptors (Lipinski definition) is 8. The summed E-state index contributed by atoms with van der Waals surface area (Å²) in [5.74, 6) is -2.31. The molecule has 0 aliphatic heterocycles. The second-order valence-electron chi connectivity index (χ2n) is 25.1. The van der Waals surface area contributed by atoms with Gasteiger partial charge in [0.15, 0.2) is 12.4 Å². The van der Waals surface area contributed by atoms with Gasteiger partial charge in [0.1, 0.15) is 13.2 Å². The van der Waals surface area contributed by atoms with Crippen molar-refractivity contribution in [2.75, 3.05) is 47.5 Å². The molecule has 0 radical (unpaired) electrons. The number of aliphatic carboxylic acids is 1. The van der Waals surface area contributed by atoms with Crippen LogP contribution in [0, 0.1) is 0 Å². The first-order valence-electron chi connectivity index (χ1n) is 36.6. The molecule has 0 aromatic carbocycles. The van der Waals surface area contributed by atoms with Crippen LogP contribution >= 0.6 is 0 Å². The van der Waals surface area contributed by atoms with Gasteiger partial charge in [0.05, 0.1) is 40.3 Å². The number of hydrogen-bond donors (Lipinski definition) is 0. The zero-order valence-electron chi connectivity index (χ0n) is 58.9. The molecule has 0 aliphatic rings. The topological polar surface area (TPSA) is 111 Å². The van der Waals surface area contributed by atoms with E-state index in [1.165, 1.54) is 116 Å². The lowest BCUT2D eigenvalue weighted by Crippen LogP contribution is -2.44. The standard InChI is InChI=1S/C82H135NO8/c1-6-8-10-12-14-16-18-20-22-24-26-28-30-32-34-36-37-38-39-40-41-42-43-45-47-49-51-53-55-57-59-61-63-65-67-69-71-73-80(85)91-78(77-90-82(81(86)87)88-75-74-83(3,4)5)76-89-79(84)72-70-68-66-64-62-60-58-56-54-52-50-48-46-44-35-33-31-29-27-25-23-21-19-17-15-13-11-9-7-2/h8,10,14,16,19-22,25-28,31-34,37-38,40-41,43,45,49,51,55,57,78,82H,6-7,9,11-13,15,17-18,23-24,29-30,35-36,39,42,44,46-48,50,52-54,56,58-77H2,1-5H3/b10-8-,16-14-,21-19-,22-20-,27-25-,28-26-,33-31-,34-32-,38-37-,41-40-,45-43-,51-49-,57-55-. The first kappa shape index (κ1) is 85.9. The Morgan fingerprint density at radius 2 is 0.626 bits per heavy atom. The lowest BCUT2D eigenvalue weighted by atomic mass is 10.0. The van der Waals surface area contributed by atoms with Gasteiger partial charge in [0.2, 0.25) is 0 Å². The highest BCUT2D eigenvalue weighted by molar-refractivity contribution is 5.70. The number of nitrogens with zero attached hydrogens (tertiary/aromatic N) is 1. The molecule has 0 fully saturated rings. The van der Waals surface area contributed by atoms with Crippen LogP contribution in [0.15, 0.2) is 158 Å². The van der Waals surface area contributed by atoms with Crippen LogP contribution in [-0.4, -0.2) is 82.3 Å². The van der Waals surface area contributed by atoms with E-state index in [1.54, 1.807) is 0 Å². The van der Waals surface area contributed by atoms with Gasteiger partial charge < -0.3 is 33.3 Å². The van der Waals surface area contributed by atoms with E-state index in [-0.39, 0.29) is 38.6 Å². The zero-order valence-corrected chi connectivity index (χ0v) is 58.9. The largest absolute Gasteiger partial charge is 0.545 e. The lowest BCUT2D eigenvalue weighted by molar-refractivity contribution is -0.870. The van der Waals surface area contributed by atoms with Crippen molar-refractivity contribution in [3.05, 3.63) is 158 Å². The number of rotatable bonds is 66. The lowest BCUT2D eigenvalue weighted by Gasteiger charge is -2.26. The Balaban J connectivity index is 4.20. The summed E-state index contributed by atoms with van der Waals surface area (Å²) >= 11 is 0. The number of carboxylic acids is 1. The summed E-state index contributed by atoms with van der Waals surface area (Å²) in [6.45, 7) is 4.60. The average Bonchev–Trinajstić information content (AvgIpc) is 3.50. The summed E-state index contributed by atoms with van der Waals surface area (Å²) in [6, 6.07) is 0. The number of quaternary nitrogens is 1. The van der Waals surface area contributed by atoms with E-state index in [0.29, 0.717) is 17.4 Å². The average molecular weight is 1260 g/mol. The molecular weight excluding hydrogens is 1130 g/mol. The Labute approximate surface area is 559 Å². The summed E-state index contributed by atoms with van der Waals surface area (Å²) in [7, 11) is 5.92. The number of unbranched alkanes of at least 4 members (excludes halogenated alkanes) is 25. The summed E-state index contributed by atoms with van der Waals surface area (Å²) < 4.78 is 22.8. The molecule has 2 unspecified atom stereocenters. The van der Waals surface area contributed by atoms with Crippen LogP contribution in [0.1, 0.15) is 284 Å². The van der Waals surface area contributed by atoms with E-state index >= 15 is 0 Å². The van der Waals surface area contributed by atoms with Crippen molar-refractivity contribution < 1.29 is 42.9 Å². The molecule has 2 atom stereocenters. The Morgan fingerprint density at radius 1 is 0.341 bits per heavy atom. The van der Waals surface area contributed by atoms with Gasteiger partial charge in [0.25, 0.3) is 0 Å². The van der Waals surface area contributed by atoms with Gasteiger partial charge in [0, 0.05) is 12.8 Å². The van der Waals surface area contributed by atoms with Gasteiger partial charge in [-0.05, 0) is 128 Å². The summed E-state index contributed by atoms with van der Waals surface area (Å²) in [6.07, 6.45) is 102. The van der Waals surface area contributed by atoms with Gasteiger partial charge in [-0.1, -0.05) is 300 Å². The first-order chi connectivity index (χ1) is 44.6. The molecule has 91 heavy (non-hydrogen) atoms. The molecule has 9 heteroatoms. The van der Waals surface area contributed by atoms with Crippen molar-refractivity contribution in [2.24, 2.45) is 0 Å². The number of ether oxygens (including phenoxy) is 4. The van der Waals surface area contributed by atoms with Crippen molar-refractivity contribution in [2.45, 2.75) is 296 Å². The van der Waals surface area contributed by atoms with Crippen molar-refractivity contribution in [1.82, 2.24) is 0 Å². The van der Waals surface area contributed by atoms with E-state index in [2.05, 4.69) is 172 Å². The minimum Gasteiger partial charge on any atom is -0.545 e. The molecule has 0 aromatic heterocycles. The molecule has 0 heterocycles. The molecule has 0 saturated heterocycles. The highest BCUT2D eigenvalue weighted by Crippen LogP contribution is 2.16. The Kier molecular flexibility index (Phi) is 66.8. The van der Waals surface area contributed by atoms with Crippen LogP contribution in [0.2, 0.25) is 0 Å². The van der Waals surface area contributed by atoms with Crippen LogP contribution in [0.25, 0.3) is 0 Å². The number of likely N-dealkylation sites (N-methyl/N-ethyl adjacent to an activating group) is 1. The maximum atomic E-state index is 12.9. The number of carbonyl (C=O) groups excluding carboxylic acids is 3. The molecule has 9 nitrogen and oxygen atoms in total. The maximum absolute atomic E-state index is 12.9. The fraction of sp³-hybridized carbons (Fsp3) is 0.646. The molecule has 0 bridgehead atoms. The van der Waals surface area contributed by atoms with E-state index in [9.17, 15) is 19.5 Å². The summed E-state index contributed by atoms with van der Waals surface area (Å²) in [5, 5.41) is 11.8. The van der Waals surface area contributed by atoms with Gasteiger partial charge in [-0.2, -0.15) is 0 Å². The highest BCUT2D eigenvalue weighted by atomic mass is 16.7. The van der Waals surface area contributed by atoms with Crippen LogP contribution < -0.4 is 5.11 Å². The fourth-order valence-corrected chi connectivity index (χ4v) is 9.69. The normalized spacial score (nSPS) is 13.6. The molecule has 0 spiro atoms. The van der Waals surface area contributed by atoms with Crippen molar-refractivity contribution in [1.29, 1.82) is 0 Å². The Bertz CT molecular complexity index is 2060. The van der Waals surface area contributed by atoms with Gasteiger partial charge >= 0.3 is 11.9 Å². The predicted octanol–water partition coefficient (Wildman–Crippen LogP) is 21.9. The molecule has 0 amide bonds. The monoisotopic (exact) mass is 1260 g/mol. The van der Waals surface area contributed by atoms with E-state index in [0.717, 1.165) is 135 Å². The number of carboxylic acid groups (broad SMARTS) is 1. The number of carbonyl (C=O) groups is 3. The summed E-state index contributed by atoms with van der Waals surface area (Å²) in [4.78, 5) is 37.5. The van der Waals surface area contributed by atoms with Gasteiger partial charge in [-0.25, -0.2) is 0 Å². The number of esters is 2. The predicted molar refractivity (Wildman–Crippen MR) is 389 cm³/mol. The second kappa shape index (κ2) is 70.8. The molecule has 0 aromatic rings. The molecule has 0 saturated carbocycles. The highest BCUT2D eigenvalue weighted by Gasteiger charge is 2.22. The fourth-order valence-electron chi connectivity index (χ4n) is 9.69. The third-order valence-corrected chi connectivity index (χ3v) is 15.3. The van der Waals surface area contributed by atoms with Crippen LogP contribution in [0.3, 0.4) is 0 Å². The molecule has 0 aliphatic carbocycles. The minimum absolute atomic E-state index is 0.137. The van der Waals surface area contributed by atoms with Crippen molar-refractivity contribution >= 4 is 17.9 Å². The molecule has 0 N–H and O–H groups in total. The minimum atomic E-state index is -1.64. The first-order valence-corrected chi connectivity index (χ1v) is 36.6. The van der Waals surface area contributed by atoms with E-state index < -0.39 is 24.3 Å². The Hall–Kier alpha value is -5.09. The molecule has 0 rings (SSSR count). The van der Waals surface area contributed by atoms with Crippen LogP contribution in [0.4, 0.5) is 0 Å². The summed E-state index contributed by atoms with van der Waals surface area (Å²) in [5.41, 5.74) is 0. The number of allylic oxidation sites excluding steroid dienone is 26. The molecule has 516 valence electrons. The van der Waals surface area contributed by atoms with Gasteiger partial charge in [-0.15, -0.1) is 0 Å². The van der Waals surface area contributed by atoms with E-state index in [4.69, 9.17) is 18.9 Å². The zero-order chi connectivity index (χ0) is 66.1. The second-order valence-corrected chi connectivity index (χ2v) is 25.1.